The zero-order valence-corrected chi connectivity index (χ0v) is 15.2. The Morgan fingerprint density at radius 1 is 1.19 bits per heavy atom. The summed E-state index contributed by atoms with van der Waals surface area (Å²) in [7, 11) is 1.40. The number of nitrogen functional groups attached to an aromatic ring is 1. The molecule has 26 heavy (non-hydrogen) atoms. The van der Waals surface area contributed by atoms with Crippen LogP contribution >= 0.6 is 11.6 Å². The molecule has 0 radical (unpaired) electrons. The average molecular weight is 377 g/mol. The molecule has 0 aromatic heterocycles. The van der Waals surface area contributed by atoms with E-state index in [0.29, 0.717) is 6.54 Å². The summed E-state index contributed by atoms with van der Waals surface area (Å²) in [6.07, 6.45) is 1.66. The smallest absolute Gasteiger partial charge is 0.342 e. The minimum absolute atomic E-state index is 0.114. The number of rotatable bonds is 8. The largest absolute Gasteiger partial charge is 0.496 e. The summed E-state index contributed by atoms with van der Waals surface area (Å²) in [5, 5.41) is 2.93. The van der Waals surface area contributed by atoms with E-state index in [2.05, 4.69) is 5.32 Å². The second-order valence-corrected chi connectivity index (χ2v) is 6.00. The van der Waals surface area contributed by atoms with Crippen LogP contribution in [0.15, 0.2) is 42.5 Å². The number of amides is 1. The highest BCUT2D eigenvalue weighted by atomic mass is 35.5. The Morgan fingerprint density at radius 2 is 1.92 bits per heavy atom. The van der Waals surface area contributed by atoms with Gasteiger partial charge >= 0.3 is 5.97 Å². The number of nitrogens with one attached hydrogen (secondary N) is 1. The fourth-order valence-corrected chi connectivity index (χ4v) is 2.49. The number of hydrogen-bond acceptors (Lipinski definition) is 5. The second-order valence-electron chi connectivity index (χ2n) is 5.59. The van der Waals surface area contributed by atoms with Crippen molar-refractivity contribution >= 4 is 29.2 Å². The first-order valence-electron chi connectivity index (χ1n) is 8.12. The number of aryl methyl sites for hydroxylation is 1. The SMILES string of the molecule is COc1cc(N)c(Cl)cc1C(=O)OCC(=O)NCCCc1ccccc1. The number of ether oxygens (including phenoxy) is 2. The molecular weight excluding hydrogens is 356 g/mol. The van der Waals surface area contributed by atoms with Crippen molar-refractivity contribution in [3.05, 3.63) is 58.6 Å². The fourth-order valence-electron chi connectivity index (χ4n) is 2.32. The van der Waals surface area contributed by atoms with Crippen LogP contribution in [-0.2, 0) is 16.0 Å². The van der Waals surface area contributed by atoms with Gasteiger partial charge < -0.3 is 20.5 Å². The third-order valence-electron chi connectivity index (χ3n) is 3.68. The second kappa shape index (κ2) is 9.68. The quantitative estimate of drug-likeness (QED) is 0.420. The number of esters is 1. The van der Waals surface area contributed by atoms with Gasteiger partial charge in [0, 0.05) is 12.6 Å². The van der Waals surface area contributed by atoms with E-state index in [9.17, 15) is 9.59 Å². The molecule has 2 aromatic rings. The van der Waals surface area contributed by atoms with E-state index in [1.165, 1.54) is 24.8 Å². The van der Waals surface area contributed by atoms with E-state index in [-0.39, 0.29) is 34.5 Å². The van der Waals surface area contributed by atoms with Crippen molar-refractivity contribution in [2.24, 2.45) is 0 Å². The summed E-state index contributed by atoms with van der Waals surface area (Å²) >= 11 is 5.92. The molecule has 1 amide bonds. The first-order valence-corrected chi connectivity index (χ1v) is 8.50. The van der Waals surface area contributed by atoms with Gasteiger partial charge in [0.05, 0.1) is 17.8 Å². The van der Waals surface area contributed by atoms with Crippen LogP contribution in [0.2, 0.25) is 5.02 Å². The Morgan fingerprint density at radius 3 is 2.62 bits per heavy atom. The van der Waals surface area contributed by atoms with Gasteiger partial charge in [-0.25, -0.2) is 4.79 Å². The zero-order chi connectivity index (χ0) is 18.9. The lowest BCUT2D eigenvalue weighted by Crippen LogP contribution is -2.29. The lowest BCUT2D eigenvalue weighted by Gasteiger charge is -2.11. The summed E-state index contributed by atoms with van der Waals surface area (Å²) in [4.78, 5) is 23.9. The van der Waals surface area contributed by atoms with Crippen LogP contribution in [0.4, 0.5) is 5.69 Å². The molecule has 0 fully saturated rings. The van der Waals surface area contributed by atoms with E-state index in [1.807, 2.05) is 30.3 Å². The summed E-state index contributed by atoms with van der Waals surface area (Å²) in [6, 6.07) is 12.8. The number of methoxy groups -OCH3 is 1. The van der Waals surface area contributed by atoms with Crippen molar-refractivity contribution in [1.29, 1.82) is 0 Å². The standard InChI is InChI=1S/C19H21ClN2O4/c1-25-17-11-16(21)15(20)10-14(17)19(24)26-12-18(23)22-9-5-8-13-6-3-2-4-7-13/h2-4,6-7,10-11H,5,8-9,12,21H2,1H3,(H,22,23). The molecule has 0 heterocycles. The van der Waals surface area contributed by atoms with Gasteiger partial charge in [0.15, 0.2) is 6.61 Å². The molecule has 0 atom stereocenters. The van der Waals surface area contributed by atoms with Crippen molar-refractivity contribution < 1.29 is 19.1 Å². The first kappa shape index (κ1) is 19.6. The van der Waals surface area contributed by atoms with Gasteiger partial charge in [-0.15, -0.1) is 0 Å². The van der Waals surface area contributed by atoms with E-state index < -0.39 is 5.97 Å². The molecule has 0 spiro atoms. The molecule has 0 saturated heterocycles. The highest BCUT2D eigenvalue weighted by Gasteiger charge is 2.17. The van der Waals surface area contributed by atoms with Crippen molar-refractivity contribution in [2.45, 2.75) is 12.8 Å². The van der Waals surface area contributed by atoms with E-state index in [0.717, 1.165) is 12.8 Å². The van der Waals surface area contributed by atoms with Crippen molar-refractivity contribution in [2.75, 3.05) is 26.0 Å². The van der Waals surface area contributed by atoms with Crippen LogP contribution in [0, 0.1) is 0 Å². The summed E-state index contributed by atoms with van der Waals surface area (Å²) in [5.41, 5.74) is 7.28. The van der Waals surface area contributed by atoms with Gasteiger partial charge in [0.2, 0.25) is 0 Å². The summed E-state index contributed by atoms with van der Waals surface area (Å²) in [5.74, 6) is -0.838. The topological polar surface area (TPSA) is 90.7 Å². The molecule has 2 rings (SSSR count). The number of anilines is 1. The van der Waals surface area contributed by atoms with Crippen LogP contribution in [0.3, 0.4) is 0 Å². The lowest BCUT2D eigenvalue weighted by molar-refractivity contribution is -0.124. The number of carbonyl (C=O) groups excluding carboxylic acids is 2. The van der Waals surface area contributed by atoms with Crippen LogP contribution < -0.4 is 15.8 Å². The monoisotopic (exact) mass is 376 g/mol. The van der Waals surface area contributed by atoms with E-state index in [4.69, 9.17) is 26.8 Å². The molecule has 7 heteroatoms. The molecular formula is C19H21ClN2O4. The Balaban J connectivity index is 1.76. The zero-order valence-electron chi connectivity index (χ0n) is 14.5. The number of halogens is 1. The molecule has 0 aliphatic carbocycles. The number of hydrogen-bond donors (Lipinski definition) is 2. The third-order valence-corrected chi connectivity index (χ3v) is 4.01. The predicted octanol–water partition coefficient (Wildman–Crippen LogP) is 2.84. The minimum atomic E-state index is -0.705. The maximum atomic E-state index is 12.1. The third kappa shape index (κ3) is 5.67. The molecule has 3 N–H and O–H groups in total. The molecule has 138 valence electrons. The lowest BCUT2D eigenvalue weighted by atomic mass is 10.1. The van der Waals surface area contributed by atoms with E-state index in [1.54, 1.807) is 0 Å². The molecule has 6 nitrogen and oxygen atoms in total. The van der Waals surface area contributed by atoms with Gasteiger partial charge in [-0.3, -0.25) is 4.79 Å². The molecule has 0 aliphatic heterocycles. The molecule has 0 unspecified atom stereocenters. The number of carbonyl (C=O) groups is 2. The predicted molar refractivity (Wildman–Crippen MR) is 100 cm³/mol. The first-order chi connectivity index (χ1) is 12.5. The maximum absolute atomic E-state index is 12.1. The Kier molecular flexibility index (Phi) is 7.29. The molecule has 0 saturated carbocycles. The minimum Gasteiger partial charge on any atom is -0.496 e. The van der Waals surface area contributed by atoms with Gasteiger partial charge in [0.25, 0.3) is 5.91 Å². The van der Waals surface area contributed by atoms with Crippen molar-refractivity contribution in [3.8, 4) is 5.75 Å². The Hall–Kier alpha value is -2.73. The summed E-state index contributed by atoms with van der Waals surface area (Å²) in [6.45, 7) is 0.123. The average Bonchev–Trinajstić information content (AvgIpc) is 2.66. The van der Waals surface area contributed by atoms with Gasteiger partial charge in [-0.1, -0.05) is 41.9 Å². The number of benzene rings is 2. The molecule has 0 aliphatic rings. The van der Waals surface area contributed by atoms with Crippen molar-refractivity contribution in [1.82, 2.24) is 5.32 Å². The summed E-state index contributed by atoms with van der Waals surface area (Å²) < 4.78 is 10.1. The van der Waals surface area contributed by atoms with Gasteiger partial charge in [-0.2, -0.15) is 0 Å². The maximum Gasteiger partial charge on any atom is 0.342 e. The Bertz CT molecular complexity index is 766. The highest BCUT2D eigenvalue weighted by Crippen LogP contribution is 2.29. The molecule has 0 bridgehead atoms. The number of nitrogens with two attached hydrogens (primary N) is 1. The van der Waals surface area contributed by atoms with Crippen LogP contribution in [-0.4, -0.2) is 32.1 Å². The fraction of sp³-hybridized carbons (Fsp3) is 0.263. The van der Waals surface area contributed by atoms with Gasteiger partial charge in [-0.05, 0) is 24.5 Å². The van der Waals surface area contributed by atoms with Crippen molar-refractivity contribution in [3.63, 3.8) is 0 Å². The van der Waals surface area contributed by atoms with E-state index >= 15 is 0 Å². The normalized spacial score (nSPS) is 10.2. The van der Waals surface area contributed by atoms with Crippen LogP contribution in [0.5, 0.6) is 5.75 Å². The molecule has 2 aromatic carbocycles. The van der Waals surface area contributed by atoms with Crippen LogP contribution in [0.1, 0.15) is 22.3 Å². The highest BCUT2D eigenvalue weighted by molar-refractivity contribution is 6.33. The van der Waals surface area contributed by atoms with Gasteiger partial charge in [0.1, 0.15) is 11.3 Å². The Labute approximate surface area is 157 Å². The van der Waals surface area contributed by atoms with Crippen LogP contribution in [0.25, 0.3) is 0 Å².